The Bertz CT molecular complexity index is 782. The maximum Gasteiger partial charge on any atom is 0.416 e. The highest BCUT2D eigenvalue weighted by Gasteiger charge is 2.30. The molecule has 1 amide bonds. The topological polar surface area (TPSA) is 81.4 Å². The van der Waals surface area contributed by atoms with E-state index in [9.17, 15) is 22.8 Å². The second-order valence-electron chi connectivity index (χ2n) is 5.48. The van der Waals surface area contributed by atoms with Crippen LogP contribution in [-0.4, -0.2) is 23.6 Å². The SMILES string of the molecule is CCCCOC(=O)c1noc(C)c1C(=O)Nc1ccc(C(F)(F)F)cc1. The predicted molar refractivity (Wildman–Crippen MR) is 85.8 cm³/mol. The molecule has 1 aromatic carbocycles. The van der Waals surface area contributed by atoms with E-state index in [1.165, 1.54) is 6.92 Å². The van der Waals surface area contributed by atoms with Crippen molar-refractivity contribution in [2.45, 2.75) is 32.9 Å². The fourth-order valence-corrected chi connectivity index (χ4v) is 2.09. The highest BCUT2D eigenvalue weighted by Crippen LogP contribution is 2.30. The van der Waals surface area contributed by atoms with Crippen LogP contribution < -0.4 is 5.32 Å². The third-order valence-corrected chi connectivity index (χ3v) is 3.48. The Morgan fingerprint density at radius 2 is 1.88 bits per heavy atom. The molecule has 140 valence electrons. The summed E-state index contributed by atoms with van der Waals surface area (Å²) in [7, 11) is 0. The van der Waals surface area contributed by atoms with E-state index in [4.69, 9.17) is 9.26 Å². The fourth-order valence-electron chi connectivity index (χ4n) is 2.09. The number of anilines is 1. The second kappa shape index (κ2) is 8.03. The van der Waals surface area contributed by atoms with Gasteiger partial charge in [-0.2, -0.15) is 13.2 Å². The van der Waals surface area contributed by atoms with Crippen molar-refractivity contribution < 1.29 is 32.0 Å². The van der Waals surface area contributed by atoms with Gasteiger partial charge in [0.05, 0.1) is 12.2 Å². The predicted octanol–water partition coefficient (Wildman–Crippen LogP) is 4.21. The summed E-state index contributed by atoms with van der Waals surface area (Å²) in [5.74, 6) is -1.43. The number of esters is 1. The van der Waals surface area contributed by atoms with Gasteiger partial charge in [0, 0.05) is 5.69 Å². The third kappa shape index (κ3) is 4.62. The van der Waals surface area contributed by atoms with Crippen LogP contribution in [0, 0.1) is 6.92 Å². The Morgan fingerprint density at radius 3 is 2.46 bits per heavy atom. The standard InChI is InChI=1S/C17H17F3N2O4/c1-3-4-9-25-16(24)14-13(10(2)26-22-14)15(23)21-12-7-5-11(6-8-12)17(18,19)20/h5-8H,3-4,9H2,1-2H3,(H,21,23). The Morgan fingerprint density at radius 1 is 1.23 bits per heavy atom. The van der Waals surface area contributed by atoms with Crippen molar-refractivity contribution in [3.63, 3.8) is 0 Å². The van der Waals surface area contributed by atoms with Gasteiger partial charge in [-0.25, -0.2) is 4.79 Å². The second-order valence-corrected chi connectivity index (χ2v) is 5.48. The quantitative estimate of drug-likeness (QED) is 0.608. The molecule has 9 heteroatoms. The molecule has 0 fully saturated rings. The van der Waals surface area contributed by atoms with Crippen LogP contribution in [-0.2, 0) is 10.9 Å². The summed E-state index contributed by atoms with van der Waals surface area (Å²) in [5.41, 5.74) is -1.10. The average molecular weight is 370 g/mol. The molecule has 1 N–H and O–H groups in total. The zero-order valence-corrected chi connectivity index (χ0v) is 14.1. The normalized spacial score (nSPS) is 11.3. The lowest BCUT2D eigenvalue weighted by Crippen LogP contribution is -2.18. The molecule has 0 aliphatic rings. The van der Waals surface area contributed by atoms with Crippen molar-refractivity contribution in [3.8, 4) is 0 Å². The molecule has 0 radical (unpaired) electrons. The zero-order chi connectivity index (χ0) is 19.3. The largest absolute Gasteiger partial charge is 0.461 e. The van der Waals surface area contributed by atoms with E-state index < -0.39 is 23.6 Å². The van der Waals surface area contributed by atoms with Crippen molar-refractivity contribution >= 4 is 17.6 Å². The van der Waals surface area contributed by atoms with Gasteiger partial charge in [0.15, 0.2) is 0 Å². The number of nitrogens with zero attached hydrogens (tertiary/aromatic N) is 1. The minimum Gasteiger partial charge on any atom is -0.461 e. The number of unbranched alkanes of at least 4 members (excludes halogenated alkanes) is 1. The number of aryl methyl sites for hydroxylation is 1. The molecule has 0 saturated heterocycles. The van der Waals surface area contributed by atoms with E-state index in [-0.39, 0.29) is 29.3 Å². The summed E-state index contributed by atoms with van der Waals surface area (Å²) in [6, 6.07) is 3.91. The number of benzene rings is 1. The molecule has 0 unspecified atom stereocenters. The molecule has 0 spiro atoms. The number of hydrogen-bond donors (Lipinski definition) is 1. The molecule has 0 saturated carbocycles. The number of carbonyl (C=O) groups excluding carboxylic acids is 2. The molecule has 1 aromatic heterocycles. The van der Waals surface area contributed by atoms with Crippen molar-refractivity contribution in [1.29, 1.82) is 0 Å². The van der Waals surface area contributed by atoms with Crippen molar-refractivity contribution in [3.05, 3.63) is 46.8 Å². The molecule has 2 aromatic rings. The molecule has 0 bridgehead atoms. The van der Waals surface area contributed by atoms with Crippen LogP contribution in [0.25, 0.3) is 0 Å². The maximum atomic E-state index is 12.6. The number of nitrogens with one attached hydrogen (secondary N) is 1. The first-order valence-corrected chi connectivity index (χ1v) is 7.86. The molecule has 2 rings (SSSR count). The van der Waals surface area contributed by atoms with Crippen molar-refractivity contribution in [2.75, 3.05) is 11.9 Å². The molecule has 0 aliphatic heterocycles. The first kappa shape index (κ1) is 19.5. The number of rotatable bonds is 6. The monoisotopic (exact) mass is 370 g/mol. The number of ether oxygens (including phenoxy) is 1. The lowest BCUT2D eigenvalue weighted by molar-refractivity contribution is -0.137. The number of halogens is 3. The van der Waals surface area contributed by atoms with Gasteiger partial charge in [-0.05, 0) is 37.6 Å². The Balaban J connectivity index is 2.14. The van der Waals surface area contributed by atoms with Gasteiger partial charge < -0.3 is 14.6 Å². The van der Waals surface area contributed by atoms with Crippen LogP contribution in [0.5, 0.6) is 0 Å². The fraction of sp³-hybridized carbons (Fsp3) is 0.353. The highest BCUT2D eigenvalue weighted by atomic mass is 19.4. The molecule has 26 heavy (non-hydrogen) atoms. The molecular weight excluding hydrogens is 353 g/mol. The zero-order valence-electron chi connectivity index (χ0n) is 14.1. The molecule has 0 atom stereocenters. The van der Waals surface area contributed by atoms with Crippen LogP contribution >= 0.6 is 0 Å². The van der Waals surface area contributed by atoms with Gasteiger partial charge in [-0.15, -0.1) is 0 Å². The first-order chi connectivity index (χ1) is 12.2. The summed E-state index contributed by atoms with van der Waals surface area (Å²) in [5, 5.41) is 5.96. The Labute approximate surface area is 147 Å². The lowest BCUT2D eigenvalue weighted by Gasteiger charge is -2.09. The van der Waals surface area contributed by atoms with Crippen molar-refractivity contribution in [2.24, 2.45) is 0 Å². The van der Waals surface area contributed by atoms with Gasteiger partial charge in [0.2, 0.25) is 5.69 Å². The smallest absolute Gasteiger partial charge is 0.416 e. The molecule has 6 nitrogen and oxygen atoms in total. The highest BCUT2D eigenvalue weighted by molar-refractivity contribution is 6.10. The van der Waals surface area contributed by atoms with Crippen LogP contribution in [0.1, 0.15) is 51.9 Å². The van der Waals surface area contributed by atoms with Crippen LogP contribution in [0.15, 0.2) is 28.8 Å². The summed E-state index contributed by atoms with van der Waals surface area (Å²) in [6.45, 7) is 3.55. The van der Waals surface area contributed by atoms with Gasteiger partial charge in [-0.3, -0.25) is 4.79 Å². The maximum absolute atomic E-state index is 12.6. The van der Waals surface area contributed by atoms with Gasteiger partial charge in [0.1, 0.15) is 11.3 Å². The van der Waals surface area contributed by atoms with E-state index in [1.807, 2.05) is 6.92 Å². The van der Waals surface area contributed by atoms with Gasteiger partial charge in [0.25, 0.3) is 5.91 Å². The molecule has 1 heterocycles. The summed E-state index contributed by atoms with van der Waals surface area (Å²) < 4.78 is 47.6. The van der Waals surface area contributed by atoms with Crippen LogP contribution in [0.3, 0.4) is 0 Å². The van der Waals surface area contributed by atoms with Crippen LogP contribution in [0.4, 0.5) is 18.9 Å². The first-order valence-electron chi connectivity index (χ1n) is 7.86. The number of amides is 1. The molecular formula is C17H17F3N2O4. The number of carbonyl (C=O) groups is 2. The number of aromatic nitrogens is 1. The van der Waals surface area contributed by atoms with E-state index in [0.717, 1.165) is 30.7 Å². The van der Waals surface area contributed by atoms with Crippen LogP contribution in [0.2, 0.25) is 0 Å². The minimum atomic E-state index is -4.47. The van der Waals surface area contributed by atoms with Crippen molar-refractivity contribution in [1.82, 2.24) is 5.16 Å². The third-order valence-electron chi connectivity index (χ3n) is 3.48. The van der Waals surface area contributed by atoms with E-state index in [1.54, 1.807) is 0 Å². The average Bonchev–Trinajstić information content (AvgIpc) is 2.96. The van der Waals surface area contributed by atoms with E-state index >= 15 is 0 Å². The summed E-state index contributed by atoms with van der Waals surface area (Å²) in [6.07, 6.45) is -2.98. The summed E-state index contributed by atoms with van der Waals surface area (Å²) in [4.78, 5) is 24.4. The lowest BCUT2D eigenvalue weighted by atomic mass is 10.1. The summed E-state index contributed by atoms with van der Waals surface area (Å²) >= 11 is 0. The van der Waals surface area contributed by atoms with E-state index in [0.29, 0.717) is 6.42 Å². The Hall–Kier alpha value is -2.84. The number of alkyl halides is 3. The van der Waals surface area contributed by atoms with E-state index in [2.05, 4.69) is 10.5 Å². The minimum absolute atomic E-state index is 0.0943. The van der Waals surface area contributed by atoms with Gasteiger partial charge in [-0.1, -0.05) is 18.5 Å². The van der Waals surface area contributed by atoms with Gasteiger partial charge >= 0.3 is 12.1 Å². The molecule has 0 aliphatic carbocycles. The Kier molecular flexibility index (Phi) is 6.01. The number of hydrogen-bond acceptors (Lipinski definition) is 5.